The Morgan fingerprint density at radius 3 is 2.62 bits per heavy atom. The van der Waals surface area contributed by atoms with Crippen molar-refractivity contribution in [3.05, 3.63) is 74.2 Å². The molecule has 0 atom stereocenters. The summed E-state index contributed by atoms with van der Waals surface area (Å²) in [5, 5.41) is 11.3. The number of amides is 1. The van der Waals surface area contributed by atoms with E-state index in [9.17, 15) is 14.4 Å². The van der Waals surface area contributed by atoms with E-state index in [2.05, 4.69) is 20.5 Å². The maximum absolute atomic E-state index is 12.0. The van der Waals surface area contributed by atoms with Crippen molar-refractivity contribution in [1.29, 1.82) is 0 Å². The zero-order chi connectivity index (χ0) is 18.7. The Morgan fingerprint density at radius 1 is 1.15 bits per heavy atom. The van der Waals surface area contributed by atoms with E-state index in [1.165, 1.54) is 29.1 Å². The number of H-pyrrole nitrogens is 1. The van der Waals surface area contributed by atoms with Gasteiger partial charge in [-0.1, -0.05) is 0 Å². The number of aromatic amines is 1. The molecule has 0 fully saturated rings. The molecule has 26 heavy (non-hydrogen) atoms. The summed E-state index contributed by atoms with van der Waals surface area (Å²) >= 11 is 0. The first-order valence-corrected chi connectivity index (χ1v) is 8.03. The van der Waals surface area contributed by atoms with Crippen molar-refractivity contribution < 1.29 is 4.79 Å². The van der Waals surface area contributed by atoms with E-state index < -0.39 is 0 Å². The molecule has 3 heterocycles. The molecule has 2 N–H and O–H groups in total. The van der Waals surface area contributed by atoms with Crippen molar-refractivity contribution in [2.24, 2.45) is 0 Å². The standard InChI is InChI=1S/C17H18N6O3/c1-11-9-12(2)23(20-11)14-4-6-16(25)22(21-14)8-7-18-17(26)13-3-5-15(24)19-10-13/h3-6,9-10H,7-8H2,1-2H3,(H,18,26)(H,19,24). The van der Waals surface area contributed by atoms with Crippen molar-refractivity contribution in [2.45, 2.75) is 20.4 Å². The van der Waals surface area contributed by atoms with Gasteiger partial charge in [-0.15, -0.1) is 5.10 Å². The molecule has 3 aromatic rings. The molecule has 134 valence electrons. The van der Waals surface area contributed by atoms with Crippen LogP contribution in [0, 0.1) is 13.8 Å². The van der Waals surface area contributed by atoms with Crippen molar-refractivity contribution >= 4 is 5.91 Å². The smallest absolute Gasteiger partial charge is 0.266 e. The highest BCUT2D eigenvalue weighted by molar-refractivity contribution is 5.93. The van der Waals surface area contributed by atoms with Crippen LogP contribution in [0.15, 0.2) is 46.1 Å². The van der Waals surface area contributed by atoms with Gasteiger partial charge in [-0.3, -0.25) is 14.4 Å². The van der Waals surface area contributed by atoms with Gasteiger partial charge in [-0.05, 0) is 32.0 Å². The topological polar surface area (TPSA) is 115 Å². The van der Waals surface area contributed by atoms with Crippen molar-refractivity contribution in [3.63, 3.8) is 0 Å². The molecule has 0 radical (unpaired) electrons. The van der Waals surface area contributed by atoms with E-state index in [-0.39, 0.29) is 30.1 Å². The number of aromatic nitrogens is 5. The van der Waals surface area contributed by atoms with Gasteiger partial charge in [0, 0.05) is 30.6 Å². The SMILES string of the molecule is Cc1cc(C)n(-c2ccc(=O)n(CCNC(=O)c3ccc(=O)[nH]c3)n2)n1. The zero-order valence-corrected chi connectivity index (χ0v) is 14.4. The molecule has 0 aromatic carbocycles. The lowest BCUT2D eigenvalue weighted by Gasteiger charge is -2.09. The Bertz CT molecular complexity index is 1040. The maximum Gasteiger partial charge on any atom is 0.266 e. The third kappa shape index (κ3) is 3.77. The van der Waals surface area contributed by atoms with Crippen LogP contribution in [0.2, 0.25) is 0 Å². The first-order valence-electron chi connectivity index (χ1n) is 8.03. The van der Waals surface area contributed by atoms with Crippen molar-refractivity contribution in [3.8, 4) is 5.82 Å². The maximum atomic E-state index is 12.0. The normalized spacial score (nSPS) is 10.7. The Labute approximate surface area is 148 Å². The number of rotatable bonds is 5. The Hall–Kier alpha value is -3.49. The number of nitrogens with one attached hydrogen (secondary N) is 2. The van der Waals surface area contributed by atoms with Gasteiger partial charge >= 0.3 is 0 Å². The van der Waals surface area contributed by atoms with Gasteiger partial charge in [0.2, 0.25) is 5.56 Å². The molecular formula is C17H18N6O3. The van der Waals surface area contributed by atoms with Crippen LogP contribution in [0.1, 0.15) is 21.7 Å². The van der Waals surface area contributed by atoms with Gasteiger partial charge in [-0.2, -0.15) is 5.10 Å². The molecule has 0 aliphatic carbocycles. The summed E-state index contributed by atoms with van der Waals surface area (Å²) in [7, 11) is 0. The van der Waals surface area contributed by atoms with Crippen LogP contribution in [0.5, 0.6) is 0 Å². The number of nitrogens with zero attached hydrogens (tertiary/aromatic N) is 4. The lowest BCUT2D eigenvalue weighted by molar-refractivity contribution is 0.0951. The Balaban J connectivity index is 1.70. The molecule has 9 nitrogen and oxygen atoms in total. The molecule has 0 spiro atoms. The number of carbonyl (C=O) groups is 1. The summed E-state index contributed by atoms with van der Waals surface area (Å²) in [6, 6.07) is 7.65. The largest absolute Gasteiger partial charge is 0.350 e. The average Bonchev–Trinajstić information content (AvgIpc) is 2.95. The van der Waals surface area contributed by atoms with Crippen LogP contribution in [-0.4, -0.2) is 37.0 Å². The molecular weight excluding hydrogens is 336 g/mol. The molecule has 0 saturated carbocycles. The summed E-state index contributed by atoms with van der Waals surface area (Å²) in [6.45, 7) is 4.21. The third-order valence-electron chi connectivity index (χ3n) is 3.73. The summed E-state index contributed by atoms with van der Waals surface area (Å²) in [4.78, 5) is 37.5. The number of carbonyl (C=O) groups excluding carboxylic acids is 1. The lowest BCUT2D eigenvalue weighted by Crippen LogP contribution is -2.32. The van der Waals surface area contributed by atoms with E-state index >= 15 is 0 Å². The van der Waals surface area contributed by atoms with Gasteiger partial charge in [-0.25, -0.2) is 9.36 Å². The van der Waals surface area contributed by atoms with Crippen LogP contribution >= 0.6 is 0 Å². The molecule has 0 aliphatic rings. The van der Waals surface area contributed by atoms with E-state index in [1.807, 2.05) is 19.9 Å². The lowest BCUT2D eigenvalue weighted by atomic mass is 10.3. The molecule has 1 amide bonds. The van der Waals surface area contributed by atoms with Gasteiger partial charge < -0.3 is 10.3 Å². The fourth-order valence-corrected chi connectivity index (χ4v) is 2.50. The van der Waals surface area contributed by atoms with Gasteiger partial charge in [0.1, 0.15) is 0 Å². The molecule has 9 heteroatoms. The van der Waals surface area contributed by atoms with E-state index in [0.717, 1.165) is 11.4 Å². The minimum absolute atomic E-state index is 0.209. The second-order valence-corrected chi connectivity index (χ2v) is 5.79. The monoisotopic (exact) mass is 354 g/mol. The highest BCUT2D eigenvalue weighted by atomic mass is 16.2. The number of aryl methyl sites for hydroxylation is 2. The molecule has 0 unspecified atom stereocenters. The summed E-state index contributed by atoms with van der Waals surface area (Å²) in [5.74, 6) is 0.186. The second kappa shape index (κ2) is 7.18. The van der Waals surface area contributed by atoms with Gasteiger partial charge in [0.05, 0.1) is 17.8 Å². The molecule has 3 rings (SSSR count). The fraction of sp³-hybridized carbons (Fsp3) is 0.235. The predicted molar refractivity (Wildman–Crippen MR) is 94.5 cm³/mol. The number of pyridine rings is 1. The Morgan fingerprint density at radius 2 is 1.96 bits per heavy atom. The van der Waals surface area contributed by atoms with Crippen LogP contribution < -0.4 is 16.4 Å². The second-order valence-electron chi connectivity index (χ2n) is 5.79. The molecule has 3 aromatic heterocycles. The van der Waals surface area contributed by atoms with Crippen LogP contribution in [0.25, 0.3) is 5.82 Å². The van der Waals surface area contributed by atoms with E-state index in [4.69, 9.17) is 0 Å². The first-order chi connectivity index (χ1) is 12.4. The van der Waals surface area contributed by atoms with Crippen LogP contribution in [-0.2, 0) is 6.54 Å². The van der Waals surface area contributed by atoms with E-state index in [0.29, 0.717) is 11.4 Å². The Kier molecular flexibility index (Phi) is 4.78. The van der Waals surface area contributed by atoms with Gasteiger partial charge in [0.15, 0.2) is 5.82 Å². The third-order valence-corrected chi connectivity index (χ3v) is 3.73. The number of hydrogen-bond donors (Lipinski definition) is 2. The van der Waals surface area contributed by atoms with E-state index in [1.54, 1.807) is 10.7 Å². The predicted octanol–water partition coefficient (Wildman–Crippen LogP) is 0.164. The van der Waals surface area contributed by atoms with Gasteiger partial charge in [0.25, 0.3) is 11.5 Å². The summed E-state index contributed by atoms with van der Waals surface area (Å²) in [6.07, 6.45) is 1.34. The molecule has 0 saturated heterocycles. The highest BCUT2D eigenvalue weighted by Crippen LogP contribution is 2.07. The molecule has 0 bridgehead atoms. The van der Waals surface area contributed by atoms with Crippen LogP contribution in [0.4, 0.5) is 0 Å². The zero-order valence-electron chi connectivity index (χ0n) is 14.4. The average molecular weight is 354 g/mol. The van der Waals surface area contributed by atoms with Crippen molar-refractivity contribution in [2.75, 3.05) is 6.54 Å². The summed E-state index contributed by atoms with van der Waals surface area (Å²) in [5.41, 5.74) is 1.55. The highest BCUT2D eigenvalue weighted by Gasteiger charge is 2.08. The van der Waals surface area contributed by atoms with Crippen molar-refractivity contribution in [1.82, 2.24) is 29.9 Å². The minimum Gasteiger partial charge on any atom is -0.350 e. The molecule has 0 aliphatic heterocycles. The number of hydrogen-bond acceptors (Lipinski definition) is 5. The quantitative estimate of drug-likeness (QED) is 0.677. The fourth-order valence-electron chi connectivity index (χ4n) is 2.50. The minimum atomic E-state index is -0.344. The van der Waals surface area contributed by atoms with Crippen LogP contribution in [0.3, 0.4) is 0 Å². The first kappa shape index (κ1) is 17.3. The summed E-state index contributed by atoms with van der Waals surface area (Å²) < 4.78 is 2.93.